The van der Waals surface area contributed by atoms with Gasteiger partial charge in [0.2, 0.25) is 0 Å². The predicted molar refractivity (Wildman–Crippen MR) is 73.0 cm³/mol. The number of benzene rings is 1. The molecular weight excluding hydrogens is 297 g/mol. The Morgan fingerprint density at radius 3 is 2.82 bits per heavy atom. The first kappa shape index (κ1) is 14.4. The van der Waals surface area contributed by atoms with Gasteiger partial charge in [0.15, 0.2) is 5.69 Å². The summed E-state index contributed by atoms with van der Waals surface area (Å²) in [6, 6.07) is 4.67. The van der Waals surface area contributed by atoms with E-state index in [-0.39, 0.29) is 12.4 Å². The minimum Gasteiger partial charge on any atom is -0.465 e. The molecule has 2 heterocycles. The third kappa shape index (κ3) is 2.38. The molecule has 3 rings (SSSR count). The van der Waals surface area contributed by atoms with Crippen LogP contribution in [0.25, 0.3) is 17.5 Å². The van der Waals surface area contributed by atoms with Gasteiger partial charge < -0.3 is 9.30 Å². The lowest BCUT2D eigenvalue weighted by molar-refractivity contribution is -0.140. The Labute approximate surface area is 123 Å². The molecule has 114 valence electrons. The average Bonchev–Trinajstić information content (AvgIpc) is 2.83. The van der Waals surface area contributed by atoms with Crippen molar-refractivity contribution in [2.24, 2.45) is 0 Å². The van der Waals surface area contributed by atoms with Crippen LogP contribution < -0.4 is 0 Å². The quantitative estimate of drug-likeness (QED) is 0.759. The molecular formula is C15H11F3N2O2. The van der Waals surface area contributed by atoms with Crippen molar-refractivity contribution in [3.63, 3.8) is 0 Å². The highest BCUT2D eigenvalue weighted by molar-refractivity contribution is 5.91. The zero-order valence-electron chi connectivity index (χ0n) is 11.5. The zero-order valence-corrected chi connectivity index (χ0v) is 11.5. The molecule has 0 fully saturated rings. The van der Waals surface area contributed by atoms with Crippen molar-refractivity contribution in [2.75, 3.05) is 7.11 Å². The maximum absolute atomic E-state index is 12.8. The van der Waals surface area contributed by atoms with E-state index in [0.717, 1.165) is 6.20 Å². The molecule has 1 aliphatic rings. The standard InChI is InChI=1S/C15H11F3N2O2/c1-22-14(21)10-4-5-11-9(7-10)3-2-6-20-8-12(15(16,17)18)19-13(11)20/h2-5,7-8H,6H2,1H3. The monoisotopic (exact) mass is 308 g/mol. The first-order chi connectivity index (χ1) is 10.4. The zero-order chi connectivity index (χ0) is 15.9. The Balaban J connectivity index is 2.13. The predicted octanol–water partition coefficient (Wildman–Crippen LogP) is 3.38. The van der Waals surface area contributed by atoms with E-state index in [1.807, 2.05) is 0 Å². The van der Waals surface area contributed by atoms with Gasteiger partial charge in [0, 0.05) is 18.3 Å². The summed E-state index contributed by atoms with van der Waals surface area (Å²) in [7, 11) is 1.27. The minimum absolute atomic E-state index is 0.226. The van der Waals surface area contributed by atoms with E-state index in [2.05, 4.69) is 9.72 Å². The molecule has 7 heteroatoms. The van der Waals surface area contributed by atoms with Gasteiger partial charge in [-0.1, -0.05) is 12.2 Å². The Kier molecular flexibility index (Phi) is 3.27. The Hall–Kier alpha value is -2.57. The number of aromatic nitrogens is 2. The van der Waals surface area contributed by atoms with E-state index in [9.17, 15) is 18.0 Å². The maximum atomic E-state index is 12.8. The number of methoxy groups -OCH3 is 1. The van der Waals surface area contributed by atoms with Crippen LogP contribution in [0.5, 0.6) is 0 Å². The molecule has 0 unspecified atom stereocenters. The Morgan fingerprint density at radius 2 is 2.14 bits per heavy atom. The highest BCUT2D eigenvalue weighted by atomic mass is 19.4. The van der Waals surface area contributed by atoms with Gasteiger partial charge in [0.05, 0.1) is 12.7 Å². The van der Waals surface area contributed by atoms with Gasteiger partial charge in [-0.15, -0.1) is 0 Å². The molecule has 0 saturated carbocycles. The van der Waals surface area contributed by atoms with Crippen LogP contribution in [0.3, 0.4) is 0 Å². The summed E-state index contributed by atoms with van der Waals surface area (Å²) >= 11 is 0. The topological polar surface area (TPSA) is 44.1 Å². The summed E-state index contributed by atoms with van der Waals surface area (Å²) in [6.07, 6.45) is -0.0278. The normalized spacial score (nSPS) is 13.3. The molecule has 4 nitrogen and oxygen atoms in total. The van der Waals surface area contributed by atoms with Crippen LogP contribution in [0, 0.1) is 0 Å². The summed E-state index contributed by atoms with van der Waals surface area (Å²) in [5, 5.41) is 0. The molecule has 0 atom stereocenters. The van der Waals surface area contributed by atoms with Crippen LogP contribution in [0.15, 0.2) is 30.5 Å². The number of alkyl halides is 3. The van der Waals surface area contributed by atoms with Crippen molar-refractivity contribution in [2.45, 2.75) is 12.7 Å². The number of hydrogen-bond acceptors (Lipinski definition) is 3. The molecule has 0 amide bonds. The lowest BCUT2D eigenvalue weighted by atomic mass is 10.0. The number of carbonyl (C=O) groups excluding carboxylic acids is 1. The van der Waals surface area contributed by atoms with Crippen molar-refractivity contribution < 1.29 is 22.7 Å². The molecule has 0 bridgehead atoms. The van der Waals surface area contributed by atoms with E-state index < -0.39 is 17.8 Å². The lowest BCUT2D eigenvalue weighted by Gasteiger charge is -2.07. The summed E-state index contributed by atoms with van der Waals surface area (Å²) < 4.78 is 44.5. The van der Waals surface area contributed by atoms with Crippen LogP contribution in [-0.4, -0.2) is 22.6 Å². The SMILES string of the molecule is COC(=O)c1ccc2c(c1)C=CCn1cc(C(F)(F)F)nc1-2. The molecule has 0 radical (unpaired) electrons. The molecule has 1 aromatic carbocycles. The van der Waals surface area contributed by atoms with Gasteiger partial charge in [0.25, 0.3) is 0 Å². The summed E-state index contributed by atoms with van der Waals surface area (Å²) in [5.41, 5.74) is 0.570. The molecule has 0 spiro atoms. The van der Waals surface area contributed by atoms with E-state index in [4.69, 9.17) is 0 Å². The summed E-state index contributed by atoms with van der Waals surface area (Å²) in [5.74, 6) is -0.275. The number of nitrogens with zero attached hydrogens (tertiary/aromatic N) is 2. The molecule has 1 aliphatic heterocycles. The Bertz CT molecular complexity index is 776. The highest BCUT2D eigenvalue weighted by Crippen LogP contribution is 2.34. The molecule has 0 saturated heterocycles. The van der Waals surface area contributed by atoms with Crippen molar-refractivity contribution in [3.05, 3.63) is 47.3 Å². The van der Waals surface area contributed by atoms with E-state index in [1.165, 1.54) is 17.7 Å². The van der Waals surface area contributed by atoms with E-state index in [1.54, 1.807) is 24.3 Å². The average molecular weight is 308 g/mol. The van der Waals surface area contributed by atoms with Gasteiger partial charge in [-0.05, 0) is 23.8 Å². The molecule has 1 aromatic heterocycles. The van der Waals surface area contributed by atoms with Crippen LogP contribution in [-0.2, 0) is 17.5 Å². The van der Waals surface area contributed by atoms with Crippen LogP contribution in [0.2, 0.25) is 0 Å². The molecule has 0 N–H and O–H groups in total. The lowest BCUT2D eigenvalue weighted by Crippen LogP contribution is -2.05. The van der Waals surface area contributed by atoms with Gasteiger partial charge in [0.1, 0.15) is 5.82 Å². The number of allylic oxidation sites excluding steroid dienone is 1. The fourth-order valence-electron chi connectivity index (χ4n) is 2.35. The first-order valence-corrected chi connectivity index (χ1v) is 6.44. The number of fused-ring (bicyclic) bond motifs is 3. The summed E-state index contributed by atoms with van der Waals surface area (Å²) in [4.78, 5) is 15.3. The highest BCUT2D eigenvalue weighted by Gasteiger charge is 2.35. The number of carbonyl (C=O) groups is 1. The van der Waals surface area contributed by atoms with E-state index >= 15 is 0 Å². The molecule has 2 aromatic rings. The second-order valence-corrected chi connectivity index (χ2v) is 4.80. The number of ether oxygens (including phenoxy) is 1. The fourth-order valence-corrected chi connectivity index (χ4v) is 2.35. The number of esters is 1. The van der Waals surface area contributed by atoms with Crippen molar-refractivity contribution in [1.29, 1.82) is 0 Å². The third-order valence-corrected chi connectivity index (χ3v) is 3.38. The number of rotatable bonds is 1. The van der Waals surface area contributed by atoms with Crippen molar-refractivity contribution >= 4 is 12.0 Å². The molecule has 22 heavy (non-hydrogen) atoms. The maximum Gasteiger partial charge on any atom is 0.434 e. The smallest absolute Gasteiger partial charge is 0.434 e. The first-order valence-electron chi connectivity index (χ1n) is 6.44. The minimum atomic E-state index is -4.49. The number of hydrogen-bond donors (Lipinski definition) is 0. The Morgan fingerprint density at radius 1 is 1.36 bits per heavy atom. The largest absolute Gasteiger partial charge is 0.465 e. The van der Waals surface area contributed by atoms with Gasteiger partial charge >= 0.3 is 12.1 Å². The van der Waals surface area contributed by atoms with Gasteiger partial charge in [-0.25, -0.2) is 9.78 Å². The van der Waals surface area contributed by atoms with Crippen LogP contribution in [0.4, 0.5) is 13.2 Å². The number of imidazole rings is 1. The number of halogens is 3. The molecule has 0 aliphatic carbocycles. The van der Waals surface area contributed by atoms with Crippen LogP contribution in [0.1, 0.15) is 21.6 Å². The van der Waals surface area contributed by atoms with Crippen molar-refractivity contribution in [1.82, 2.24) is 9.55 Å². The van der Waals surface area contributed by atoms with E-state index in [0.29, 0.717) is 16.7 Å². The second-order valence-electron chi connectivity index (χ2n) is 4.80. The van der Waals surface area contributed by atoms with Crippen LogP contribution >= 0.6 is 0 Å². The fraction of sp³-hybridized carbons (Fsp3) is 0.200. The van der Waals surface area contributed by atoms with Gasteiger partial charge in [-0.2, -0.15) is 13.2 Å². The van der Waals surface area contributed by atoms with Gasteiger partial charge in [-0.3, -0.25) is 0 Å². The second kappa shape index (κ2) is 5.01. The summed E-state index contributed by atoms with van der Waals surface area (Å²) in [6.45, 7) is 0.278. The van der Waals surface area contributed by atoms with Crippen molar-refractivity contribution in [3.8, 4) is 11.4 Å². The third-order valence-electron chi connectivity index (χ3n) is 3.38.